The quantitative estimate of drug-likeness (QED) is 0.197. The lowest BCUT2D eigenvalue weighted by atomic mass is 9.87. The van der Waals surface area contributed by atoms with Crippen LogP contribution in [-0.2, 0) is 28.2 Å². The van der Waals surface area contributed by atoms with Gasteiger partial charge in [0.15, 0.2) is 5.92 Å². The number of rotatable bonds is 11. The van der Waals surface area contributed by atoms with Crippen LogP contribution in [0.25, 0.3) is 0 Å². The van der Waals surface area contributed by atoms with E-state index < -0.39 is 55.7 Å². The molecule has 0 spiro atoms. The van der Waals surface area contributed by atoms with Crippen molar-refractivity contribution in [1.82, 2.24) is 9.55 Å². The van der Waals surface area contributed by atoms with Crippen molar-refractivity contribution in [2.24, 2.45) is 11.8 Å². The Bertz CT molecular complexity index is 1490. The molecule has 10 nitrogen and oxygen atoms in total. The highest BCUT2D eigenvalue weighted by Crippen LogP contribution is 2.42. The van der Waals surface area contributed by atoms with E-state index in [2.05, 4.69) is 50.0 Å². The Hall–Kier alpha value is -3.80. The summed E-state index contributed by atoms with van der Waals surface area (Å²) in [6.07, 6.45) is -0.0744. The first-order chi connectivity index (χ1) is 20.9. The monoisotopic (exact) mass is 622 g/mol. The van der Waals surface area contributed by atoms with Crippen LogP contribution in [0.1, 0.15) is 52.8 Å². The van der Waals surface area contributed by atoms with Gasteiger partial charge in [-0.3, -0.25) is 23.9 Å². The van der Waals surface area contributed by atoms with Crippen LogP contribution in [0.2, 0.25) is 5.04 Å². The second-order valence-electron chi connectivity index (χ2n) is 12.0. The molecule has 1 aliphatic rings. The van der Waals surface area contributed by atoms with Crippen LogP contribution in [0.5, 0.6) is 0 Å². The average molecular weight is 623 g/mol. The SMILES string of the molecule is CCOC(=O)C(C(=O)OCC)[C@H]1C[C@@H](CO[Si](c2ccccc2)(c2ccccc2)C(C)(C)C)O[C@H]1n1cc(C)c(=O)[nH]c1=O. The smallest absolute Gasteiger partial charge is 0.330 e. The van der Waals surface area contributed by atoms with Crippen LogP contribution in [0, 0.1) is 18.8 Å². The van der Waals surface area contributed by atoms with Crippen LogP contribution in [0.15, 0.2) is 76.4 Å². The standard InChI is InChI=1S/C33H42N2O8Si/c1-7-40-30(37)27(31(38)41-8-2)26-19-23(43-29(26)35-20-22(3)28(36)34-32(35)39)21-42-44(33(4,5)6,24-15-11-9-12-16-24)25-17-13-10-14-18-25/h9-18,20,23,26-27,29H,7-8,19,21H2,1-6H3,(H,34,36,39)/t23-,26+,29+/m0/s1. The first kappa shape index (κ1) is 33.1. The molecule has 2 aromatic carbocycles. The molecule has 0 saturated carbocycles. The Morgan fingerprint density at radius 3 is 1.95 bits per heavy atom. The lowest BCUT2D eigenvalue weighted by Gasteiger charge is -2.43. The van der Waals surface area contributed by atoms with Gasteiger partial charge in [-0.25, -0.2) is 4.79 Å². The Labute approximate surface area is 258 Å². The number of H-pyrrole nitrogens is 1. The number of esters is 2. The Morgan fingerprint density at radius 1 is 0.955 bits per heavy atom. The van der Waals surface area contributed by atoms with E-state index in [1.165, 1.54) is 10.8 Å². The van der Waals surface area contributed by atoms with Gasteiger partial charge in [0.2, 0.25) is 0 Å². The summed E-state index contributed by atoms with van der Waals surface area (Å²) in [5.41, 5.74) is -0.960. The van der Waals surface area contributed by atoms with E-state index in [4.69, 9.17) is 18.6 Å². The molecule has 3 aromatic rings. The maximum Gasteiger partial charge on any atom is 0.330 e. The minimum absolute atomic E-state index is 0.0606. The molecule has 1 fully saturated rings. The molecule has 4 rings (SSSR count). The predicted octanol–water partition coefficient (Wildman–Crippen LogP) is 3.07. The van der Waals surface area contributed by atoms with Gasteiger partial charge in [-0.15, -0.1) is 0 Å². The van der Waals surface area contributed by atoms with E-state index in [-0.39, 0.29) is 36.8 Å². The molecule has 2 heterocycles. The molecule has 1 N–H and O–H groups in total. The van der Waals surface area contributed by atoms with Crippen molar-refractivity contribution >= 4 is 30.6 Å². The van der Waals surface area contributed by atoms with Gasteiger partial charge in [-0.05, 0) is 42.6 Å². The molecular formula is C33H42N2O8Si. The molecule has 3 atom stereocenters. The largest absolute Gasteiger partial charge is 0.465 e. The van der Waals surface area contributed by atoms with E-state index in [1.54, 1.807) is 20.8 Å². The Balaban J connectivity index is 1.78. The van der Waals surface area contributed by atoms with Crippen molar-refractivity contribution < 1.29 is 28.2 Å². The molecular weight excluding hydrogens is 580 g/mol. The van der Waals surface area contributed by atoms with Crippen molar-refractivity contribution in [3.8, 4) is 0 Å². The number of carbonyl (C=O) groups excluding carboxylic acids is 2. The van der Waals surface area contributed by atoms with E-state index in [0.29, 0.717) is 0 Å². The van der Waals surface area contributed by atoms with Gasteiger partial charge >= 0.3 is 17.6 Å². The highest BCUT2D eigenvalue weighted by molar-refractivity contribution is 6.99. The fourth-order valence-corrected chi connectivity index (χ4v) is 10.7. The van der Waals surface area contributed by atoms with Gasteiger partial charge in [0.1, 0.15) is 6.23 Å². The molecule has 0 unspecified atom stereocenters. The lowest BCUT2D eigenvalue weighted by Crippen LogP contribution is -2.67. The molecule has 0 radical (unpaired) electrons. The minimum Gasteiger partial charge on any atom is -0.465 e. The van der Waals surface area contributed by atoms with Crippen molar-refractivity contribution in [3.05, 3.63) is 93.3 Å². The van der Waals surface area contributed by atoms with Gasteiger partial charge in [-0.2, -0.15) is 0 Å². The molecule has 1 aromatic heterocycles. The van der Waals surface area contributed by atoms with Crippen LogP contribution < -0.4 is 21.6 Å². The van der Waals surface area contributed by atoms with Crippen LogP contribution in [0.4, 0.5) is 0 Å². The van der Waals surface area contributed by atoms with Crippen molar-refractivity contribution in [1.29, 1.82) is 0 Å². The van der Waals surface area contributed by atoms with E-state index in [9.17, 15) is 19.2 Å². The average Bonchev–Trinajstić information content (AvgIpc) is 3.39. The van der Waals surface area contributed by atoms with Gasteiger partial charge in [0, 0.05) is 17.7 Å². The van der Waals surface area contributed by atoms with Crippen molar-refractivity contribution in [3.63, 3.8) is 0 Å². The summed E-state index contributed by atoms with van der Waals surface area (Å²) < 4.78 is 25.4. The fraction of sp³-hybridized carbons (Fsp3) is 0.455. The number of nitrogens with zero attached hydrogens (tertiary/aromatic N) is 1. The Morgan fingerprint density at radius 2 is 1.48 bits per heavy atom. The summed E-state index contributed by atoms with van der Waals surface area (Å²) in [6, 6.07) is 20.3. The summed E-state index contributed by atoms with van der Waals surface area (Å²) in [6.45, 7) is 11.6. The van der Waals surface area contributed by atoms with Crippen LogP contribution in [-0.4, -0.2) is 55.7 Å². The number of hydrogen-bond acceptors (Lipinski definition) is 8. The van der Waals surface area contributed by atoms with E-state index >= 15 is 0 Å². The highest BCUT2D eigenvalue weighted by Gasteiger charge is 2.53. The zero-order valence-electron chi connectivity index (χ0n) is 26.2. The third kappa shape index (κ3) is 6.64. The number of nitrogens with one attached hydrogen (secondary N) is 1. The number of carbonyl (C=O) groups is 2. The van der Waals surface area contributed by atoms with Crippen LogP contribution in [0.3, 0.4) is 0 Å². The molecule has 1 saturated heterocycles. The van der Waals surface area contributed by atoms with Crippen molar-refractivity contribution in [2.75, 3.05) is 19.8 Å². The lowest BCUT2D eigenvalue weighted by molar-refractivity contribution is -0.167. The topological polar surface area (TPSA) is 126 Å². The first-order valence-corrected chi connectivity index (χ1v) is 16.9. The van der Waals surface area contributed by atoms with Crippen molar-refractivity contribution in [2.45, 2.75) is 65.3 Å². The number of aromatic nitrogens is 2. The number of ether oxygens (including phenoxy) is 3. The molecule has 0 aliphatic carbocycles. The minimum atomic E-state index is -2.94. The van der Waals surface area contributed by atoms with Gasteiger partial charge in [0.05, 0.1) is 25.9 Å². The molecule has 0 bridgehead atoms. The first-order valence-electron chi connectivity index (χ1n) is 15.0. The maximum absolute atomic E-state index is 13.2. The molecule has 1 aliphatic heterocycles. The third-order valence-corrected chi connectivity index (χ3v) is 13.1. The molecule has 11 heteroatoms. The van der Waals surface area contributed by atoms with Gasteiger partial charge in [0.25, 0.3) is 13.9 Å². The fourth-order valence-electron chi connectivity index (χ4n) is 6.12. The second-order valence-corrected chi connectivity index (χ2v) is 16.3. The summed E-state index contributed by atoms with van der Waals surface area (Å²) in [4.78, 5) is 53.9. The highest BCUT2D eigenvalue weighted by atomic mass is 28.4. The van der Waals surface area contributed by atoms with E-state index in [1.807, 2.05) is 36.4 Å². The molecule has 44 heavy (non-hydrogen) atoms. The number of aryl methyl sites for hydroxylation is 1. The van der Waals surface area contributed by atoms with Gasteiger partial charge < -0.3 is 18.6 Å². The third-order valence-electron chi connectivity index (χ3n) is 8.06. The summed E-state index contributed by atoms with van der Waals surface area (Å²) in [5.74, 6) is -3.69. The molecule has 236 valence electrons. The zero-order valence-corrected chi connectivity index (χ0v) is 27.2. The van der Waals surface area contributed by atoms with Crippen LogP contribution >= 0.6 is 0 Å². The summed E-state index contributed by atoms with van der Waals surface area (Å²) in [7, 11) is -2.94. The number of hydrogen-bond donors (Lipinski definition) is 1. The molecule has 0 amide bonds. The normalized spacial score (nSPS) is 18.8. The summed E-state index contributed by atoms with van der Waals surface area (Å²) in [5, 5.41) is 1.89. The maximum atomic E-state index is 13.2. The number of benzene rings is 2. The second kappa shape index (κ2) is 13.9. The van der Waals surface area contributed by atoms with E-state index in [0.717, 1.165) is 10.4 Å². The number of aromatic amines is 1. The van der Waals surface area contributed by atoms with Gasteiger partial charge in [-0.1, -0.05) is 81.4 Å². The predicted molar refractivity (Wildman–Crippen MR) is 168 cm³/mol. The Kier molecular flexibility index (Phi) is 10.4. The summed E-state index contributed by atoms with van der Waals surface area (Å²) >= 11 is 0. The zero-order chi connectivity index (χ0) is 32.1.